The van der Waals surface area contributed by atoms with Gasteiger partial charge >= 0.3 is 0 Å². The molecule has 0 saturated carbocycles. The van der Waals surface area contributed by atoms with Crippen LogP contribution in [0, 0.1) is 22.7 Å². The first-order chi connectivity index (χ1) is 9.65. The molecule has 0 aliphatic heterocycles. The van der Waals surface area contributed by atoms with Gasteiger partial charge in [0, 0.05) is 5.41 Å². The maximum Gasteiger partial charge on any atom is 0.0963 e. The Morgan fingerprint density at radius 1 is 0.952 bits per heavy atom. The van der Waals surface area contributed by atoms with Crippen molar-refractivity contribution in [2.24, 2.45) is 23.0 Å². The van der Waals surface area contributed by atoms with Crippen LogP contribution in [-0.2, 0) is 0 Å². The molecule has 126 valence electrons. The van der Waals surface area contributed by atoms with Crippen molar-refractivity contribution in [1.29, 1.82) is 5.41 Å². The second-order valence-corrected chi connectivity index (χ2v) is 7.96. The molecule has 3 nitrogen and oxygen atoms in total. The summed E-state index contributed by atoms with van der Waals surface area (Å²) in [6, 6.07) is 0. The molecule has 0 heterocycles. The Morgan fingerprint density at radius 2 is 1.43 bits per heavy atom. The maximum atomic E-state index is 7.61. The van der Waals surface area contributed by atoms with Gasteiger partial charge in [0.2, 0.25) is 0 Å². The topological polar surface area (TPSA) is 53.1 Å². The smallest absolute Gasteiger partial charge is 0.0963 e. The highest BCUT2D eigenvalue weighted by Crippen LogP contribution is 2.22. The summed E-state index contributed by atoms with van der Waals surface area (Å²) in [5, 5.41) is 7.61. The summed E-state index contributed by atoms with van der Waals surface area (Å²) >= 11 is 0. The lowest BCUT2D eigenvalue weighted by atomic mass is 9.86. The molecule has 3 N–H and O–H groups in total. The van der Waals surface area contributed by atoms with E-state index in [1.807, 2.05) is 0 Å². The molecule has 0 aliphatic rings. The van der Waals surface area contributed by atoms with Crippen LogP contribution >= 0.6 is 0 Å². The lowest BCUT2D eigenvalue weighted by Gasteiger charge is -2.26. The third-order valence-corrected chi connectivity index (χ3v) is 4.30. The first kappa shape index (κ1) is 20.4. The Bertz CT molecular complexity index is 270. The van der Waals surface area contributed by atoms with Gasteiger partial charge in [-0.25, -0.2) is 0 Å². The van der Waals surface area contributed by atoms with E-state index in [0.29, 0.717) is 5.84 Å². The van der Waals surface area contributed by atoms with Crippen LogP contribution in [0.5, 0.6) is 0 Å². The Kier molecular flexibility index (Phi) is 9.93. The quantitative estimate of drug-likeness (QED) is 0.316. The number of hydrogen-bond acceptors (Lipinski definition) is 2. The van der Waals surface area contributed by atoms with Crippen molar-refractivity contribution >= 4 is 5.84 Å². The summed E-state index contributed by atoms with van der Waals surface area (Å²) in [4.78, 5) is 2.63. The van der Waals surface area contributed by atoms with Gasteiger partial charge in [-0.15, -0.1) is 0 Å². The maximum absolute atomic E-state index is 7.61. The summed E-state index contributed by atoms with van der Waals surface area (Å²) in [7, 11) is 0. The normalized spacial score (nSPS) is 12.6. The first-order valence-electron chi connectivity index (χ1n) is 8.72. The molecule has 0 aliphatic carbocycles. The van der Waals surface area contributed by atoms with Crippen LogP contribution in [0.4, 0.5) is 0 Å². The fourth-order valence-corrected chi connectivity index (χ4v) is 2.25. The lowest BCUT2D eigenvalue weighted by molar-refractivity contribution is 0.235. The number of hydrogen-bond donors (Lipinski definition) is 2. The van der Waals surface area contributed by atoms with Crippen molar-refractivity contribution in [2.45, 2.75) is 73.6 Å². The fourth-order valence-electron chi connectivity index (χ4n) is 2.25. The Balaban J connectivity index is 4.07. The second kappa shape index (κ2) is 10.2. The highest BCUT2D eigenvalue weighted by atomic mass is 15.1. The van der Waals surface area contributed by atoms with Crippen LogP contribution in [0.2, 0.25) is 0 Å². The van der Waals surface area contributed by atoms with Crippen molar-refractivity contribution < 1.29 is 0 Å². The molecule has 0 rings (SSSR count). The molecule has 0 saturated heterocycles. The first-order valence-corrected chi connectivity index (χ1v) is 8.72. The van der Waals surface area contributed by atoms with Crippen LogP contribution in [0.25, 0.3) is 0 Å². The fraction of sp³-hybridized carbons (Fsp3) is 0.944. The minimum Gasteiger partial charge on any atom is -0.387 e. The van der Waals surface area contributed by atoms with Gasteiger partial charge in [0.15, 0.2) is 0 Å². The van der Waals surface area contributed by atoms with Gasteiger partial charge in [0.25, 0.3) is 0 Å². The number of nitrogens with zero attached hydrogens (tertiary/aromatic N) is 1. The molecular weight excluding hydrogens is 258 g/mol. The summed E-state index contributed by atoms with van der Waals surface area (Å²) in [6.07, 6.45) is 5.97. The zero-order chi connectivity index (χ0) is 16.5. The molecular formula is C18H39N3. The summed E-state index contributed by atoms with van der Waals surface area (Å²) in [5.41, 5.74) is 5.51. The van der Waals surface area contributed by atoms with Crippen molar-refractivity contribution in [1.82, 2.24) is 4.90 Å². The molecule has 0 radical (unpaired) electrons. The second-order valence-electron chi connectivity index (χ2n) is 7.96. The van der Waals surface area contributed by atoms with Crippen LogP contribution in [0.3, 0.4) is 0 Å². The number of nitrogens with one attached hydrogen (secondary N) is 1. The standard InChI is InChI=1S/C18H39N3/c1-15(2)9-13-21(14-10-16(3)4)12-8-7-11-18(5,6)17(19)20/h15-16H,7-14H2,1-6H3,(H3,19,20). The minimum absolute atomic E-state index is 0.138. The monoisotopic (exact) mass is 297 g/mol. The number of unbranched alkanes of at least 4 members (excludes halogenated alkanes) is 1. The molecule has 0 amide bonds. The number of amidine groups is 1. The highest BCUT2D eigenvalue weighted by molar-refractivity contribution is 5.82. The third-order valence-electron chi connectivity index (χ3n) is 4.30. The van der Waals surface area contributed by atoms with E-state index >= 15 is 0 Å². The van der Waals surface area contributed by atoms with Crippen LogP contribution in [0.1, 0.15) is 73.6 Å². The molecule has 21 heavy (non-hydrogen) atoms. The van der Waals surface area contributed by atoms with Crippen molar-refractivity contribution in [2.75, 3.05) is 19.6 Å². The van der Waals surface area contributed by atoms with E-state index in [1.165, 1.54) is 38.9 Å². The molecule has 0 aromatic carbocycles. The predicted molar refractivity (Wildman–Crippen MR) is 94.9 cm³/mol. The summed E-state index contributed by atoms with van der Waals surface area (Å²) in [5.74, 6) is 1.88. The zero-order valence-electron chi connectivity index (χ0n) is 15.3. The van der Waals surface area contributed by atoms with Crippen molar-refractivity contribution in [3.63, 3.8) is 0 Å². The van der Waals surface area contributed by atoms with Gasteiger partial charge in [0.1, 0.15) is 0 Å². The average molecular weight is 298 g/mol. The molecule has 0 atom stereocenters. The molecule has 0 unspecified atom stereocenters. The van der Waals surface area contributed by atoms with Gasteiger partial charge in [-0.2, -0.15) is 0 Å². The van der Waals surface area contributed by atoms with Crippen LogP contribution in [-0.4, -0.2) is 30.4 Å². The van der Waals surface area contributed by atoms with E-state index in [2.05, 4.69) is 46.4 Å². The van der Waals surface area contributed by atoms with Crippen LogP contribution in [0.15, 0.2) is 0 Å². The molecule has 0 aromatic rings. The van der Waals surface area contributed by atoms with Gasteiger partial charge in [-0.3, -0.25) is 5.41 Å². The van der Waals surface area contributed by atoms with E-state index in [9.17, 15) is 0 Å². The Hall–Kier alpha value is -0.570. The van der Waals surface area contributed by atoms with Crippen molar-refractivity contribution in [3.8, 4) is 0 Å². The van der Waals surface area contributed by atoms with Gasteiger partial charge in [0.05, 0.1) is 5.84 Å². The summed E-state index contributed by atoms with van der Waals surface area (Å²) in [6.45, 7) is 17.0. The van der Waals surface area contributed by atoms with E-state index in [4.69, 9.17) is 11.1 Å². The van der Waals surface area contributed by atoms with Gasteiger partial charge < -0.3 is 10.6 Å². The molecule has 0 fully saturated rings. The van der Waals surface area contributed by atoms with Crippen LogP contribution < -0.4 is 5.73 Å². The van der Waals surface area contributed by atoms with Gasteiger partial charge in [-0.1, -0.05) is 48.0 Å². The van der Waals surface area contributed by atoms with E-state index in [1.54, 1.807) is 0 Å². The molecule has 0 aromatic heterocycles. The lowest BCUT2D eigenvalue weighted by Crippen LogP contribution is -2.31. The highest BCUT2D eigenvalue weighted by Gasteiger charge is 2.20. The average Bonchev–Trinajstić information content (AvgIpc) is 2.35. The number of nitrogens with two attached hydrogens (primary N) is 1. The summed E-state index contributed by atoms with van der Waals surface area (Å²) < 4.78 is 0. The molecule has 0 bridgehead atoms. The zero-order valence-corrected chi connectivity index (χ0v) is 15.3. The molecule has 0 spiro atoms. The number of rotatable bonds is 12. The Morgan fingerprint density at radius 3 is 1.81 bits per heavy atom. The largest absolute Gasteiger partial charge is 0.387 e. The SMILES string of the molecule is CC(C)CCN(CCCCC(C)(C)C(=N)N)CCC(C)C. The van der Waals surface area contributed by atoms with Gasteiger partial charge in [-0.05, 0) is 57.2 Å². The van der Waals surface area contributed by atoms with E-state index in [-0.39, 0.29) is 5.41 Å². The Labute approximate surface area is 133 Å². The van der Waals surface area contributed by atoms with E-state index < -0.39 is 0 Å². The van der Waals surface area contributed by atoms with E-state index in [0.717, 1.165) is 24.7 Å². The van der Waals surface area contributed by atoms with Crippen molar-refractivity contribution in [3.05, 3.63) is 0 Å². The third kappa shape index (κ3) is 10.8. The predicted octanol–water partition coefficient (Wildman–Crippen LogP) is 4.51. The molecule has 3 heteroatoms. The minimum atomic E-state index is -0.138.